The third-order valence-corrected chi connectivity index (χ3v) is 4.22. The Balaban J connectivity index is 1.41. The van der Waals surface area contributed by atoms with Gasteiger partial charge in [0.05, 0.1) is 11.4 Å². The lowest BCUT2D eigenvalue weighted by Gasteiger charge is -2.02. The number of hydrogen-bond donors (Lipinski definition) is 1. The number of hydrogen-bond acceptors (Lipinski definition) is 5. The zero-order chi connectivity index (χ0) is 15.9. The molecular weight excluding hydrogens is 310 g/mol. The molecule has 23 heavy (non-hydrogen) atoms. The van der Waals surface area contributed by atoms with Crippen molar-refractivity contribution in [3.05, 3.63) is 59.3 Å². The zero-order valence-corrected chi connectivity index (χ0v) is 13.4. The maximum absolute atomic E-state index is 11.8. The molecule has 1 amide bonds. The minimum absolute atomic E-state index is 0.00296. The Morgan fingerprint density at radius 1 is 1.17 bits per heavy atom. The highest BCUT2D eigenvalue weighted by atomic mass is 32.1. The highest BCUT2D eigenvalue weighted by Gasteiger charge is 2.10. The lowest BCUT2D eigenvalue weighted by atomic mass is 10.1. The molecule has 6 heteroatoms. The van der Waals surface area contributed by atoms with E-state index in [1.54, 1.807) is 11.3 Å². The largest absolute Gasteiger partial charge is 0.347 e. The van der Waals surface area contributed by atoms with Gasteiger partial charge in [0.1, 0.15) is 0 Å². The van der Waals surface area contributed by atoms with Crippen LogP contribution in [0.15, 0.2) is 52.4 Å². The lowest BCUT2D eigenvalue weighted by molar-refractivity contribution is -0.121. The van der Waals surface area contributed by atoms with Gasteiger partial charge >= 0.3 is 0 Å². The van der Waals surface area contributed by atoms with Crippen molar-refractivity contribution in [1.82, 2.24) is 15.5 Å². The van der Waals surface area contributed by atoms with Crippen LogP contribution in [0.1, 0.15) is 24.3 Å². The first-order valence-electron chi connectivity index (χ1n) is 7.48. The fourth-order valence-electron chi connectivity index (χ4n) is 2.19. The minimum atomic E-state index is -0.00296. The van der Waals surface area contributed by atoms with Crippen molar-refractivity contribution in [3.63, 3.8) is 0 Å². The van der Waals surface area contributed by atoms with Crippen LogP contribution in [-0.2, 0) is 17.8 Å². The molecule has 1 aromatic carbocycles. The Labute approximate surface area is 138 Å². The number of aromatic nitrogens is 2. The molecule has 2 heterocycles. The van der Waals surface area contributed by atoms with Gasteiger partial charge in [0.15, 0.2) is 0 Å². The molecule has 0 fully saturated rings. The van der Waals surface area contributed by atoms with Gasteiger partial charge in [-0.25, -0.2) is 0 Å². The minimum Gasteiger partial charge on any atom is -0.347 e. The average Bonchev–Trinajstić information content (AvgIpc) is 3.25. The van der Waals surface area contributed by atoms with Gasteiger partial charge in [0.25, 0.3) is 0 Å². The van der Waals surface area contributed by atoms with Crippen molar-refractivity contribution in [1.29, 1.82) is 0 Å². The Bertz CT molecular complexity index is 738. The second kappa shape index (κ2) is 7.69. The molecule has 0 radical (unpaired) electrons. The maximum atomic E-state index is 11.8. The Morgan fingerprint density at radius 3 is 2.83 bits per heavy atom. The van der Waals surface area contributed by atoms with E-state index in [4.69, 9.17) is 4.52 Å². The molecule has 3 rings (SSSR count). The van der Waals surface area contributed by atoms with E-state index < -0.39 is 0 Å². The molecule has 3 aromatic rings. The number of benzene rings is 1. The molecule has 0 aliphatic rings. The summed E-state index contributed by atoms with van der Waals surface area (Å²) in [6, 6.07) is 14.0. The van der Waals surface area contributed by atoms with Crippen LogP contribution in [0.2, 0.25) is 0 Å². The van der Waals surface area contributed by atoms with Crippen LogP contribution in [0.3, 0.4) is 0 Å². The molecule has 0 spiro atoms. The molecule has 0 aliphatic carbocycles. The fraction of sp³-hybridized carbons (Fsp3) is 0.235. The monoisotopic (exact) mass is 327 g/mol. The Hall–Kier alpha value is -2.47. The van der Waals surface area contributed by atoms with E-state index >= 15 is 0 Å². The summed E-state index contributed by atoms with van der Waals surface area (Å²) in [5, 5.41) is 8.68. The number of nitrogens with zero attached hydrogens (tertiary/aromatic N) is 2. The maximum Gasteiger partial charge on any atom is 0.246 e. The third kappa shape index (κ3) is 4.50. The zero-order valence-electron chi connectivity index (χ0n) is 12.6. The normalized spacial score (nSPS) is 10.6. The second-order valence-corrected chi connectivity index (χ2v) is 6.05. The number of carbonyl (C=O) groups excluding carboxylic acids is 1. The molecule has 5 nitrogen and oxygen atoms in total. The lowest BCUT2D eigenvalue weighted by Crippen LogP contribution is -2.22. The molecule has 0 saturated carbocycles. The first-order chi connectivity index (χ1) is 11.3. The summed E-state index contributed by atoms with van der Waals surface area (Å²) in [6.07, 6.45) is 2.21. The Morgan fingerprint density at radius 2 is 2.04 bits per heavy atom. The van der Waals surface area contributed by atoms with Crippen molar-refractivity contribution in [2.24, 2.45) is 0 Å². The van der Waals surface area contributed by atoms with Gasteiger partial charge in [0, 0.05) is 6.42 Å². The summed E-state index contributed by atoms with van der Waals surface area (Å²) in [7, 11) is 0. The van der Waals surface area contributed by atoms with Crippen LogP contribution in [0.5, 0.6) is 0 Å². The molecule has 0 unspecified atom stereocenters. The summed E-state index contributed by atoms with van der Waals surface area (Å²) in [4.78, 5) is 17.1. The predicted octanol–water partition coefficient (Wildman–Crippen LogP) is 3.44. The van der Waals surface area contributed by atoms with Gasteiger partial charge < -0.3 is 9.84 Å². The molecule has 118 valence electrons. The first-order valence-corrected chi connectivity index (χ1v) is 8.36. The highest BCUT2D eigenvalue weighted by Crippen LogP contribution is 2.21. The van der Waals surface area contributed by atoms with Gasteiger partial charge in [0.2, 0.25) is 17.6 Å². The van der Waals surface area contributed by atoms with Crippen molar-refractivity contribution in [3.8, 4) is 10.7 Å². The number of thiophene rings is 1. The topological polar surface area (TPSA) is 68.0 Å². The van der Waals surface area contributed by atoms with Crippen LogP contribution in [-0.4, -0.2) is 16.0 Å². The van der Waals surface area contributed by atoms with E-state index in [9.17, 15) is 4.79 Å². The second-order valence-electron chi connectivity index (χ2n) is 5.10. The highest BCUT2D eigenvalue weighted by molar-refractivity contribution is 7.13. The van der Waals surface area contributed by atoms with E-state index in [0.29, 0.717) is 18.1 Å². The van der Waals surface area contributed by atoms with E-state index in [2.05, 4.69) is 27.6 Å². The molecule has 0 atom stereocenters. The fourth-order valence-corrected chi connectivity index (χ4v) is 2.84. The van der Waals surface area contributed by atoms with Gasteiger partial charge in [-0.15, -0.1) is 11.3 Å². The first kappa shape index (κ1) is 15.4. The van der Waals surface area contributed by atoms with Crippen molar-refractivity contribution in [2.75, 3.05) is 0 Å². The molecule has 2 aromatic heterocycles. The average molecular weight is 327 g/mol. The van der Waals surface area contributed by atoms with Crippen molar-refractivity contribution >= 4 is 17.2 Å². The van der Waals surface area contributed by atoms with Crippen molar-refractivity contribution < 1.29 is 9.32 Å². The number of rotatable bonds is 7. The number of carbonyl (C=O) groups is 1. The van der Waals surface area contributed by atoms with E-state index in [0.717, 1.165) is 17.7 Å². The summed E-state index contributed by atoms with van der Waals surface area (Å²) < 4.78 is 5.14. The van der Waals surface area contributed by atoms with Crippen LogP contribution in [0, 0.1) is 0 Å². The number of aryl methyl sites for hydroxylation is 1. The Kier molecular flexibility index (Phi) is 5.16. The van der Waals surface area contributed by atoms with Crippen molar-refractivity contribution in [2.45, 2.75) is 25.8 Å². The SMILES string of the molecule is O=C(CCCc1ccccc1)NCc1nc(-c2cccs2)no1. The molecule has 0 bridgehead atoms. The van der Waals surface area contributed by atoms with Crippen LogP contribution in [0.25, 0.3) is 10.7 Å². The van der Waals surface area contributed by atoms with Crippen LogP contribution >= 0.6 is 11.3 Å². The van der Waals surface area contributed by atoms with E-state index in [1.807, 2.05) is 35.7 Å². The summed E-state index contributed by atoms with van der Waals surface area (Å²) in [5.41, 5.74) is 1.25. The molecule has 0 aliphatic heterocycles. The summed E-state index contributed by atoms with van der Waals surface area (Å²) in [5.74, 6) is 0.981. The van der Waals surface area contributed by atoms with Gasteiger partial charge in [-0.2, -0.15) is 4.98 Å². The molecule has 1 N–H and O–H groups in total. The van der Waals surface area contributed by atoms with Crippen LogP contribution < -0.4 is 5.32 Å². The van der Waals surface area contributed by atoms with E-state index in [-0.39, 0.29) is 12.5 Å². The summed E-state index contributed by atoms with van der Waals surface area (Å²) >= 11 is 1.55. The molecule has 0 saturated heterocycles. The molecular formula is C17H17N3O2S. The number of amides is 1. The predicted molar refractivity (Wildman–Crippen MR) is 88.8 cm³/mol. The smallest absolute Gasteiger partial charge is 0.246 e. The van der Waals surface area contributed by atoms with Gasteiger partial charge in [-0.05, 0) is 29.9 Å². The number of nitrogens with one attached hydrogen (secondary N) is 1. The van der Waals surface area contributed by atoms with Crippen LogP contribution in [0.4, 0.5) is 0 Å². The van der Waals surface area contributed by atoms with Gasteiger partial charge in [-0.1, -0.05) is 41.6 Å². The quantitative estimate of drug-likeness (QED) is 0.722. The van der Waals surface area contributed by atoms with E-state index in [1.165, 1.54) is 5.56 Å². The summed E-state index contributed by atoms with van der Waals surface area (Å²) in [6.45, 7) is 0.266. The van der Waals surface area contributed by atoms with Gasteiger partial charge in [-0.3, -0.25) is 4.79 Å². The standard InChI is InChI=1S/C17H17N3O2S/c21-15(10-4-8-13-6-2-1-3-7-13)18-12-16-19-17(20-22-16)14-9-5-11-23-14/h1-3,5-7,9,11H,4,8,10,12H2,(H,18,21). The third-order valence-electron chi connectivity index (χ3n) is 3.36.